The normalized spacial score (nSPS) is 12.0. The number of anilines is 1. The Hall–Kier alpha value is -3.57. The van der Waals surface area contributed by atoms with Crippen LogP contribution >= 0.6 is 15.9 Å². The molecule has 0 aliphatic rings. The van der Waals surface area contributed by atoms with E-state index < -0.39 is 28.5 Å². The lowest BCUT2D eigenvalue weighted by Gasteiger charge is -2.32. The minimum Gasteiger partial charge on any atom is -0.493 e. The summed E-state index contributed by atoms with van der Waals surface area (Å²) in [6, 6.07) is 19.0. The largest absolute Gasteiger partial charge is 0.493 e. The van der Waals surface area contributed by atoms with E-state index in [0.29, 0.717) is 18.0 Å². The van der Waals surface area contributed by atoms with Crippen molar-refractivity contribution in [1.82, 2.24) is 10.2 Å². The first-order valence-electron chi connectivity index (χ1n) is 13.1. The van der Waals surface area contributed by atoms with E-state index >= 15 is 0 Å². The lowest BCUT2D eigenvalue weighted by molar-refractivity contribution is -0.139. The smallest absolute Gasteiger partial charge is 0.264 e. The minimum absolute atomic E-state index is 0.0183. The second kappa shape index (κ2) is 14.4. The maximum absolute atomic E-state index is 14.0. The Morgan fingerprint density at radius 2 is 1.54 bits per heavy atom. The molecule has 3 aromatic carbocycles. The van der Waals surface area contributed by atoms with Crippen LogP contribution in [-0.2, 0) is 26.2 Å². The van der Waals surface area contributed by atoms with Gasteiger partial charge in [0, 0.05) is 23.6 Å². The van der Waals surface area contributed by atoms with Crippen LogP contribution in [0.15, 0.2) is 82.2 Å². The van der Waals surface area contributed by atoms with Gasteiger partial charge in [-0.2, -0.15) is 0 Å². The van der Waals surface area contributed by atoms with Crippen LogP contribution in [0.4, 0.5) is 5.69 Å². The fourth-order valence-corrected chi connectivity index (χ4v) is 5.74. The van der Waals surface area contributed by atoms with Crippen LogP contribution in [-0.4, -0.2) is 58.5 Å². The summed E-state index contributed by atoms with van der Waals surface area (Å²) < 4.78 is 40.5. The van der Waals surface area contributed by atoms with Crippen molar-refractivity contribution < 1.29 is 27.5 Å². The highest BCUT2D eigenvalue weighted by Crippen LogP contribution is 2.34. The Kier molecular flexibility index (Phi) is 11.2. The number of methoxy groups -OCH3 is 2. The molecule has 3 rings (SSSR count). The number of nitrogens with one attached hydrogen (secondary N) is 1. The summed E-state index contributed by atoms with van der Waals surface area (Å²) in [7, 11) is -1.27. The maximum Gasteiger partial charge on any atom is 0.264 e. The van der Waals surface area contributed by atoms with Gasteiger partial charge in [0.05, 0.1) is 24.8 Å². The van der Waals surface area contributed by atoms with E-state index in [4.69, 9.17) is 9.47 Å². The molecule has 41 heavy (non-hydrogen) atoms. The van der Waals surface area contributed by atoms with E-state index in [9.17, 15) is 18.0 Å². The van der Waals surface area contributed by atoms with Crippen LogP contribution in [0.1, 0.15) is 26.3 Å². The summed E-state index contributed by atoms with van der Waals surface area (Å²) in [6.45, 7) is 5.59. The Morgan fingerprint density at radius 3 is 2.12 bits per heavy atom. The Labute approximate surface area is 250 Å². The quantitative estimate of drug-likeness (QED) is 0.285. The third-order valence-corrected chi connectivity index (χ3v) is 8.70. The predicted molar refractivity (Wildman–Crippen MR) is 163 cm³/mol. The second-order valence-electron chi connectivity index (χ2n) is 9.83. The van der Waals surface area contributed by atoms with Crippen LogP contribution < -0.4 is 19.1 Å². The molecule has 0 aliphatic carbocycles. The zero-order valence-corrected chi connectivity index (χ0v) is 26.2. The molecule has 0 saturated heterocycles. The average molecular weight is 647 g/mol. The van der Waals surface area contributed by atoms with Gasteiger partial charge in [0.2, 0.25) is 11.8 Å². The SMILES string of the molecule is COc1ccc(N(CC(=O)N(Cc2ccc(Br)cc2)[C@@H](C)C(=O)NCC(C)C)S(=O)(=O)c2ccccc2)cc1OC. The minimum atomic E-state index is -4.19. The summed E-state index contributed by atoms with van der Waals surface area (Å²) in [5.74, 6) is 0.0614. The van der Waals surface area contributed by atoms with E-state index in [1.807, 2.05) is 38.1 Å². The number of carbonyl (C=O) groups excluding carboxylic acids is 2. The number of benzene rings is 3. The van der Waals surface area contributed by atoms with Crippen LogP contribution in [0.5, 0.6) is 11.5 Å². The van der Waals surface area contributed by atoms with Gasteiger partial charge in [-0.1, -0.05) is 60.1 Å². The Morgan fingerprint density at radius 1 is 0.902 bits per heavy atom. The molecule has 0 saturated carbocycles. The van der Waals surface area contributed by atoms with Crippen molar-refractivity contribution in [3.63, 3.8) is 0 Å². The highest BCUT2D eigenvalue weighted by Gasteiger charge is 2.33. The first-order valence-corrected chi connectivity index (χ1v) is 15.3. The molecule has 11 heteroatoms. The number of nitrogens with zero attached hydrogens (tertiary/aromatic N) is 2. The van der Waals surface area contributed by atoms with Gasteiger partial charge in [0.1, 0.15) is 12.6 Å². The van der Waals surface area contributed by atoms with Crippen LogP contribution in [0.2, 0.25) is 0 Å². The van der Waals surface area contributed by atoms with Crippen molar-refractivity contribution in [3.05, 3.63) is 82.8 Å². The summed E-state index contributed by atoms with van der Waals surface area (Å²) >= 11 is 3.41. The lowest BCUT2D eigenvalue weighted by Crippen LogP contribution is -2.51. The number of halogens is 1. The van der Waals surface area contributed by atoms with Crippen LogP contribution in [0.25, 0.3) is 0 Å². The van der Waals surface area contributed by atoms with Crippen molar-refractivity contribution in [2.45, 2.75) is 38.3 Å². The van der Waals surface area contributed by atoms with E-state index in [0.717, 1.165) is 14.3 Å². The molecule has 9 nitrogen and oxygen atoms in total. The van der Waals surface area contributed by atoms with Crippen molar-refractivity contribution in [2.75, 3.05) is 31.6 Å². The molecule has 2 amide bonds. The van der Waals surface area contributed by atoms with Gasteiger partial charge in [0.15, 0.2) is 11.5 Å². The third-order valence-electron chi connectivity index (χ3n) is 6.38. The van der Waals surface area contributed by atoms with Crippen molar-refractivity contribution >= 4 is 43.5 Å². The van der Waals surface area contributed by atoms with Crippen molar-refractivity contribution in [2.24, 2.45) is 5.92 Å². The van der Waals surface area contributed by atoms with Gasteiger partial charge in [-0.05, 0) is 54.8 Å². The van der Waals surface area contributed by atoms with E-state index in [-0.39, 0.29) is 29.0 Å². The maximum atomic E-state index is 14.0. The highest BCUT2D eigenvalue weighted by molar-refractivity contribution is 9.10. The molecule has 1 atom stereocenters. The molecule has 0 radical (unpaired) electrons. The first kappa shape index (κ1) is 32.0. The molecular formula is C30H36BrN3O6S. The summed E-state index contributed by atoms with van der Waals surface area (Å²) in [6.07, 6.45) is 0. The number of carbonyl (C=O) groups is 2. The Bertz CT molecular complexity index is 1430. The van der Waals surface area contributed by atoms with E-state index in [1.54, 1.807) is 37.3 Å². The molecule has 1 N–H and O–H groups in total. The number of ether oxygens (including phenoxy) is 2. The number of rotatable bonds is 13. The van der Waals surface area contributed by atoms with Crippen LogP contribution in [0, 0.1) is 5.92 Å². The van der Waals surface area contributed by atoms with E-state index in [1.165, 1.54) is 37.3 Å². The zero-order valence-electron chi connectivity index (χ0n) is 23.8. The monoisotopic (exact) mass is 645 g/mol. The van der Waals surface area contributed by atoms with Gasteiger partial charge < -0.3 is 19.7 Å². The van der Waals surface area contributed by atoms with Crippen molar-refractivity contribution in [3.8, 4) is 11.5 Å². The topological polar surface area (TPSA) is 105 Å². The van der Waals surface area contributed by atoms with Gasteiger partial charge in [0.25, 0.3) is 10.0 Å². The second-order valence-corrected chi connectivity index (χ2v) is 12.6. The number of amides is 2. The van der Waals surface area contributed by atoms with Gasteiger partial charge >= 0.3 is 0 Å². The standard InChI is InChI=1S/C30H36BrN3O6S/c1-21(2)18-32-30(36)22(3)33(19-23-11-13-24(31)14-12-23)29(35)20-34(41(37,38)26-9-7-6-8-10-26)25-15-16-27(39-4)28(17-25)40-5/h6-17,21-22H,18-20H2,1-5H3,(H,32,36)/t22-/m0/s1. The highest BCUT2D eigenvalue weighted by atomic mass is 79.9. The van der Waals surface area contributed by atoms with Gasteiger partial charge in [-0.3, -0.25) is 13.9 Å². The first-order chi connectivity index (χ1) is 19.5. The number of hydrogen-bond donors (Lipinski definition) is 1. The average Bonchev–Trinajstić information content (AvgIpc) is 2.97. The zero-order chi connectivity index (χ0) is 30.2. The molecule has 0 bridgehead atoms. The summed E-state index contributed by atoms with van der Waals surface area (Å²) in [5, 5.41) is 2.88. The fourth-order valence-electron chi connectivity index (χ4n) is 4.05. The number of hydrogen-bond acceptors (Lipinski definition) is 6. The molecule has 0 unspecified atom stereocenters. The van der Waals surface area contributed by atoms with Gasteiger partial charge in [-0.15, -0.1) is 0 Å². The molecule has 0 spiro atoms. The molecule has 0 heterocycles. The predicted octanol–water partition coefficient (Wildman–Crippen LogP) is 4.85. The molecular weight excluding hydrogens is 610 g/mol. The molecule has 0 aromatic heterocycles. The van der Waals surface area contributed by atoms with Crippen molar-refractivity contribution in [1.29, 1.82) is 0 Å². The summed E-state index contributed by atoms with van der Waals surface area (Å²) in [5.41, 5.74) is 0.994. The molecule has 3 aromatic rings. The number of sulfonamides is 1. The lowest BCUT2D eigenvalue weighted by atomic mass is 10.1. The fraction of sp³-hybridized carbons (Fsp3) is 0.333. The molecule has 0 fully saturated rings. The Balaban J connectivity index is 2.05. The van der Waals surface area contributed by atoms with Crippen LogP contribution in [0.3, 0.4) is 0 Å². The third kappa shape index (κ3) is 8.23. The summed E-state index contributed by atoms with van der Waals surface area (Å²) in [4.78, 5) is 28.5. The van der Waals surface area contributed by atoms with E-state index in [2.05, 4.69) is 21.2 Å². The molecule has 0 aliphatic heterocycles. The molecule has 220 valence electrons. The van der Waals surface area contributed by atoms with Gasteiger partial charge in [-0.25, -0.2) is 8.42 Å².